The molecule has 3 aromatic rings. The lowest BCUT2D eigenvalue weighted by Crippen LogP contribution is -2.47. The van der Waals surface area contributed by atoms with Crippen LogP contribution in [0.2, 0.25) is 0 Å². The van der Waals surface area contributed by atoms with Crippen molar-refractivity contribution in [3.63, 3.8) is 0 Å². The maximum absolute atomic E-state index is 13.5. The zero-order valence-corrected chi connectivity index (χ0v) is 19.7. The van der Waals surface area contributed by atoms with E-state index in [9.17, 15) is 27.6 Å². The van der Waals surface area contributed by atoms with Gasteiger partial charge in [0.05, 0.1) is 11.3 Å². The summed E-state index contributed by atoms with van der Waals surface area (Å²) in [4.78, 5) is 43.0. The third-order valence-corrected chi connectivity index (χ3v) is 6.03. The Morgan fingerprint density at radius 2 is 1.68 bits per heavy atom. The molecule has 1 saturated heterocycles. The molecule has 1 aromatic carbocycles. The first-order valence-electron chi connectivity index (χ1n) is 11.7. The Hall–Kier alpha value is -4.22. The van der Waals surface area contributed by atoms with Gasteiger partial charge in [0, 0.05) is 56.3 Å². The van der Waals surface area contributed by atoms with E-state index < -0.39 is 23.3 Å². The van der Waals surface area contributed by atoms with Crippen LogP contribution >= 0.6 is 0 Å². The molecule has 0 spiro atoms. The summed E-state index contributed by atoms with van der Waals surface area (Å²) < 4.78 is 41.4. The van der Waals surface area contributed by atoms with E-state index in [4.69, 9.17) is 0 Å². The zero-order valence-electron chi connectivity index (χ0n) is 19.7. The molecule has 0 atom stereocenters. The first-order valence-corrected chi connectivity index (χ1v) is 11.7. The number of carbonyl (C=O) groups is 3. The number of piperidine rings is 1. The summed E-state index contributed by atoms with van der Waals surface area (Å²) in [7, 11) is 0. The van der Waals surface area contributed by atoms with Crippen molar-refractivity contribution in [2.45, 2.75) is 19.0 Å². The van der Waals surface area contributed by atoms with Crippen molar-refractivity contribution in [3.05, 3.63) is 77.9 Å². The van der Waals surface area contributed by atoms with Crippen molar-refractivity contribution in [1.29, 1.82) is 0 Å². The van der Waals surface area contributed by atoms with Gasteiger partial charge < -0.3 is 15.5 Å². The fourth-order valence-corrected chi connectivity index (χ4v) is 4.10. The van der Waals surface area contributed by atoms with Gasteiger partial charge in [-0.05, 0) is 37.1 Å². The predicted octanol–water partition coefficient (Wildman–Crippen LogP) is 3.32. The molecule has 2 aromatic heterocycles. The van der Waals surface area contributed by atoms with E-state index in [2.05, 4.69) is 20.7 Å². The average Bonchev–Trinajstić information content (AvgIpc) is 3.38. The van der Waals surface area contributed by atoms with Gasteiger partial charge in [-0.25, -0.2) is 9.48 Å². The van der Waals surface area contributed by atoms with Crippen LogP contribution in [0, 0.1) is 5.92 Å². The van der Waals surface area contributed by atoms with Crippen LogP contribution < -0.4 is 10.6 Å². The second-order valence-corrected chi connectivity index (χ2v) is 8.52. The molecular formula is C25H25F3N6O3. The summed E-state index contributed by atoms with van der Waals surface area (Å²) in [5, 5.41) is 8.60. The first kappa shape index (κ1) is 25.9. The number of nitrogens with zero attached hydrogens (tertiary/aromatic N) is 4. The Morgan fingerprint density at radius 1 is 0.973 bits per heavy atom. The van der Waals surface area contributed by atoms with Gasteiger partial charge in [-0.3, -0.25) is 14.6 Å². The van der Waals surface area contributed by atoms with Gasteiger partial charge in [0.2, 0.25) is 0 Å². The molecule has 0 radical (unpaired) electrons. The van der Waals surface area contributed by atoms with Gasteiger partial charge >= 0.3 is 12.2 Å². The third kappa shape index (κ3) is 6.32. The number of urea groups is 1. The summed E-state index contributed by atoms with van der Waals surface area (Å²) in [6.07, 6.45) is 0.376. The number of Topliss-reactive ketones (excluding diaryl/α,β-unsaturated/α-hetero) is 1. The van der Waals surface area contributed by atoms with Crippen LogP contribution in [0.1, 0.15) is 39.3 Å². The Labute approximate surface area is 210 Å². The lowest BCUT2D eigenvalue weighted by Gasteiger charge is -2.31. The highest BCUT2D eigenvalue weighted by molar-refractivity contribution is 5.97. The van der Waals surface area contributed by atoms with Crippen molar-refractivity contribution < 1.29 is 27.6 Å². The second-order valence-electron chi connectivity index (χ2n) is 8.52. The van der Waals surface area contributed by atoms with Gasteiger partial charge in [-0.2, -0.15) is 18.3 Å². The second kappa shape index (κ2) is 11.2. The van der Waals surface area contributed by atoms with Crippen molar-refractivity contribution >= 4 is 17.7 Å². The predicted molar refractivity (Wildman–Crippen MR) is 127 cm³/mol. The van der Waals surface area contributed by atoms with Crippen LogP contribution in [0.4, 0.5) is 18.0 Å². The summed E-state index contributed by atoms with van der Waals surface area (Å²) in [6, 6.07) is 11.2. The van der Waals surface area contributed by atoms with Gasteiger partial charge in [-0.15, -0.1) is 0 Å². The van der Waals surface area contributed by atoms with Crippen molar-refractivity contribution in [2.75, 3.05) is 26.2 Å². The lowest BCUT2D eigenvalue weighted by molar-refractivity contribution is -0.141. The summed E-state index contributed by atoms with van der Waals surface area (Å²) in [5.74, 6) is -1.13. The fraction of sp³-hybridized carbons (Fsp3) is 0.320. The number of benzene rings is 1. The van der Waals surface area contributed by atoms with Crippen LogP contribution in [0.15, 0.2) is 61.1 Å². The van der Waals surface area contributed by atoms with E-state index in [1.165, 1.54) is 6.20 Å². The molecule has 9 nitrogen and oxygen atoms in total. The van der Waals surface area contributed by atoms with Crippen molar-refractivity contribution in [1.82, 2.24) is 30.3 Å². The minimum atomic E-state index is -4.81. The minimum absolute atomic E-state index is 0.00434. The molecule has 1 aliphatic rings. The van der Waals surface area contributed by atoms with Crippen molar-refractivity contribution in [2.24, 2.45) is 5.92 Å². The number of carbonyl (C=O) groups excluding carboxylic acids is 3. The van der Waals surface area contributed by atoms with E-state index in [-0.39, 0.29) is 30.8 Å². The molecule has 0 bridgehead atoms. The van der Waals surface area contributed by atoms with E-state index in [0.29, 0.717) is 37.2 Å². The van der Waals surface area contributed by atoms with Crippen LogP contribution in [0.25, 0.3) is 5.69 Å². The number of aromatic nitrogens is 3. The molecule has 0 saturated carbocycles. The largest absolute Gasteiger partial charge is 0.435 e. The van der Waals surface area contributed by atoms with Crippen LogP contribution in [-0.2, 0) is 6.18 Å². The highest BCUT2D eigenvalue weighted by atomic mass is 19.4. The highest BCUT2D eigenvalue weighted by Gasteiger charge is 2.39. The lowest BCUT2D eigenvalue weighted by atomic mass is 9.89. The van der Waals surface area contributed by atoms with Crippen LogP contribution in [-0.4, -0.2) is 63.6 Å². The van der Waals surface area contributed by atoms with Crippen molar-refractivity contribution in [3.8, 4) is 5.69 Å². The summed E-state index contributed by atoms with van der Waals surface area (Å²) in [5.41, 5.74) is -0.973. The average molecular weight is 515 g/mol. The third-order valence-electron chi connectivity index (χ3n) is 6.03. The number of amides is 3. The molecule has 194 valence electrons. The van der Waals surface area contributed by atoms with E-state index in [1.807, 2.05) is 0 Å². The number of halogens is 3. The number of pyridine rings is 1. The first-order chi connectivity index (χ1) is 17.7. The fourth-order valence-electron chi connectivity index (χ4n) is 4.10. The molecule has 37 heavy (non-hydrogen) atoms. The molecule has 1 fully saturated rings. The zero-order chi connectivity index (χ0) is 26.4. The molecule has 2 N–H and O–H groups in total. The highest BCUT2D eigenvalue weighted by Crippen LogP contribution is 2.31. The molecule has 3 heterocycles. The van der Waals surface area contributed by atoms with Gasteiger partial charge in [-0.1, -0.05) is 18.2 Å². The monoisotopic (exact) mass is 514 g/mol. The number of hydrogen-bond donors (Lipinski definition) is 2. The number of para-hydroxylation sites is 1. The number of nitrogens with one attached hydrogen (secondary N) is 2. The molecule has 12 heteroatoms. The Balaban J connectivity index is 1.26. The van der Waals surface area contributed by atoms with Crippen LogP contribution in [0.5, 0.6) is 0 Å². The van der Waals surface area contributed by atoms with E-state index in [0.717, 1.165) is 10.9 Å². The Kier molecular flexibility index (Phi) is 7.85. The maximum Gasteiger partial charge on any atom is 0.435 e. The number of hydrogen-bond acceptors (Lipinski definition) is 5. The Bertz CT molecular complexity index is 1240. The minimum Gasteiger partial charge on any atom is -0.350 e. The molecule has 3 amide bonds. The van der Waals surface area contributed by atoms with E-state index >= 15 is 0 Å². The van der Waals surface area contributed by atoms with E-state index in [1.54, 1.807) is 53.6 Å². The summed E-state index contributed by atoms with van der Waals surface area (Å²) in [6.45, 7) is 0.729. The molecule has 0 aliphatic carbocycles. The normalized spacial score (nSPS) is 14.3. The standard InChI is InChI=1S/C25H25F3N6O3/c26-25(27,28)22-20(16-34(32-22)19-6-2-1-3-7-19)23(36)30-11-12-31-24(37)33-13-8-17(9-14-33)21(35)18-5-4-10-29-15-18/h1-7,10,15-17H,8-9,11-14H2,(H,30,36)(H,31,37). The topological polar surface area (TPSA) is 109 Å². The van der Waals surface area contributed by atoms with Crippen LogP contribution in [0.3, 0.4) is 0 Å². The number of ketones is 1. The van der Waals surface area contributed by atoms with Gasteiger partial charge in [0.1, 0.15) is 0 Å². The quantitative estimate of drug-likeness (QED) is 0.372. The molecule has 1 aliphatic heterocycles. The molecule has 0 unspecified atom stereocenters. The van der Waals surface area contributed by atoms with Gasteiger partial charge in [0.25, 0.3) is 5.91 Å². The molecule has 4 rings (SSSR count). The molecular weight excluding hydrogens is 489 g/mol. The SMILES string of the molecule is O=C(NCCNC(=O)N1CCC(C(=O)c2cccnc2)CC1)c1cn(-c2ccccc2)nc1C(F)(F)F. The number of likely N-dealkylation sites (tertiary alicyclic amines) is 1. The Morgan fingerprint density at radius 3 is 2.32 bits per heavy atom. The maximum atomic E-state index is 13.5. The smallest absolute Gasteiger partial charge is 0.350 e. The number of alkyl halides is 3. The summed E-state index contributed by atoms with van der Waals surface area (Å²) >= 11 is 0. The van der Waals surface area contributed by atoms with Gasteiger partial charge in [0.15, 0.2) is 11.5 Å². The number of rotatable bonds is 7.